The number of hydrogen-bond donors (Lipinski definition) is 1. The van der Waals surface area contributed by atoms with Crippen LogP contribution in [0, 0.1) is 0 Å². The smallest absolute Gasteiger partial charge is 0.251 e. The van der Waals surface area contributed by atoms with Crippen LogP contribution in [0.2, 0.25) is 0 Å². The van der Waals surface area contributed by atoms with Crippen molar-refractivity contribution in [1.29, 1.82) is 0 Å². The fraction of sp³-hybridized carbons (Fsp3) is 0.409. The van der Waals surface area contributed by atoms with Gasteiger partial charge in [0, 0.05) is 25.2 Å². The van der Waals surface area contributed by atoms with Crippen LogP contribution in [0.5, 0.6) is 11.5 Å². The first kappa shape index (κ1) is 21.6. The van der Waals surface area contributed by atoms with Crippen molar-refractivity contribution < 1.29 is 22.7 Å². The summed E-state index contributed by atoms with van der Waals surface area (Å²) in [6.07, 6.45) is 1.77. The average Bonchev–Trinajstić information content (AvgIpc) is 3.45. The predicted molar refractivity (Wildman–Crippen MR) is 116 cm³/mol. The Bertz CT molecular complexity index is 1050. The number of sulfonamides is 1. The van der Waals surface area contributed by atoms with E-state index in [-0.39, 0.29) is 23.6 Å². The monoisotopic (exact) mass is 445 g/mol. The molecule has 2 aromatic carbocycles. The number of ether oxygens (including phenoxy) is 2. The molecule has 1 N–H and O–H groups in total. The predicted octanol–water partition coefficient (Wildman–Crippen LogP) is 2.23. The van der Waals surface area contributed by atoms with Crippen LogP contribution in [-0.2, 0) is 10.0 Å². The molecule has 2 aromatic rings. The fourth-order valence-corrected chi connectivity index (χ4v) is 5.38. The van der Waals surface area contributed by atoms with Crippen LogP contribution in [-0.4, -0.2) is 64.1 Å². The second-order valence-corrected chi connectivity index (χ2v) is 9.88. The summed E-state index contributed by atoms with van der Waals surface area (Å²) < 4.78 is 37.6. The Balaban J connectivity index is 1.42. The van der Waals surface area contributed by atoms with Gasteiger partial charge >= 0.3 is 0 Å². The summed E-state index contributed by atoms with van der Waals surface area (Å²) in [5.41, 5.74) is 1.42. The molecular weight excluding hydrogens is 418 g/mol. The van der Waals surface area contributed by atoms with E-state index in [0.717, 1.165) is 18.4 Å². The number of carbonyl (C=O) groups is 1. The molecule has 31 heavy (non-hydrogen) atoms. The number of fused-ring (bicyclic) bond motifs is 1. The highest BCUT2D eigenvalue weighted by molar-refractivity contribution is 7.89. The maximum absolute atomic E-state index is 12.7. The molecule has 1 amide bonds. The number of hydrogen-bond acceptors (Lipinski definition) is 6. The average molecular weight is 446 g/mol. The largest absolute Gasteiger partial charge is 0.454 e. The second-order valence-electron chi connectivity index (χ2n) is 7.94. The van der Waals surface area contributed by atoms with Gasteiger partial charge in [-0.2, -0.15) is 4.31 Å². The van der Waals surface area contributed by atoms with E-state index in [1.165, 1.54) is 16.4 Å². The number of benzene rings is 2. The second kappa shape index (κ2) is 8.86. The van der Waals surface area contributed by atoms with E-state index < -0.39 is 10.0 Å². The first-order valence-corrected chi connectivity index (χ1v) is 11.7. The molecule has 0 radical (unpaired) electrons. The minimum absolute atomic E-state index is 0.0618. The summed E-state index contributed by atoms with van der Waals surface area (Å²) in [7, 11) is 0.401. The number of likely N-dealkylation sites (N-methyl/N-ethyl adjacent to an activating group) is 1. The number of amides is 1. The molecule has 0 aliphatic carbocycles. The highest BCUT2D eigenvalue weighted by Gasteiger charge is 2.27. The molecule has 9 heteroatoms. The van der Waals surface area contributed by atoms with E-state index >= 15 is 0 Å². The maximum Gasteiger partial charge on any atom is 0.251 e. The van der Waals surface area contributed by atoms with Gasteiger partial charge in [-0.25, -0.2) is 8.42 Å². The Labute approximate surface area is 182 Å². The lowest BCUT2D eigenvalue weighted by Crippen LogP contribution is -2.34. The van der Waals surface area contributed by atoms with Crippen molar-refractivity contribution >= 4 is 15.9 Å². The van der Waals surface area contributed by atoms with E-state index in [0.29, 0.717) is 36.7 Å². The summed E-state index contributed by atoms with van der Waals surface area (Å²) in [4.78, 5) is 14.9. The molecule has 1 unspecified atom stereocenters. The molecule has 4 rings (SSSR count). The van der Waals surface area contributed by atoms with Crippen LogP contribution in [0.25, 0.3) is 0 Å². The molecule has 1 fully saturated rings. The van der Waals surface area contributed by atoms with Gasteiger partial charge in [-0.15, -0.1) is 0 Å². The van der Waals surface area contributed by atoms with E-state index in [4.69, 9.17) is 9.47 Å². The molecule has 8 nitrogen and oxygen atoms in total. The third-order valence-electron chi connectivity index (χ3n) is 5.68. The van der Waals surface area contributed by atoms with Crippen LogP contribution < -0.4 is 14.8 Å². The number of nitrogens with zero attached hydrogens (tertiary/aromatic N) is 2. The van der Waals surface area contributed by atoms with Gasteiger partial charge < -0.3 is 19.7 Å². The summed E-state index contributed by atoms with van der Waals surface area (Å²) >= 11 is 0. The Morgan fingerprint density at radius 1 is 1.06 bits per heavy atom. The van der Waals surface area contributed by atoms with Crippen molar-refractivity contribution in [3.05, 3.63) is 53.6 Å². The van der Waals surface area contributed by atoms with Crippen molar-refractivity contribution in [2.45, 2.75) is 23.8 Å². The van der Waals surface area contributed by atoms with Crippen molar-refractivity contribution in [2.75, 3.05) is 40.5 Å². The molecular formula is C22H27N3O5S. The Kier molecular flexibility index (Phi) is 6.17. The van der Waals surface area contributed by atoms with Gasteiger partial charge in [-0.05, 0) is 68.9 Å². The van der Waals surface area contributed by atoms with E-state index in [1.807, 2.05) is 37.2 Å². The van der Waals surface area contributed by atoms with Crippen molar-refractivity contribution in [3.63, 3.8) is 0 Å². The first-order valence-electron chi connectivity index (χ1n) is 10.3. The van der Waals surface area contributed by atoms with E-state index in [1.54, 1.807) is 12.1 Å². The highest BCUT2D eigenvalue weighted by Crippen LogP contribution is 2.35. The van der Waals surface area contributed by atoms with Gasteiger partial charge in [0.15, 0.2) is 11.5 Å². The SMILES string of the molecule is CN(C)C(CNC(=O)c1ccc(S(=O)(=O)N2CCCC2)cc1)c1ccc2c(c1)OCO2. The first-order chi connectivity index (χ1) is 14.9. The Morgan fingerprint density at radius 2 is 1.74 bits per heavy atom. The third-order valence-corrected chi connectivity index (χ3v) is 7.59. The molecule has 2 aliphatic rings. The van der Waals surface area contributed by atoms with Crippen LogP contribution in [0.4, 0.5) is 0 Å². The van der Waals surface area contributed by atoms with Crippen molar-refractivity contribution in [3.8, 4) is 11.5 Å². The van der Waals surface area contributed by atoms with Gasteiger partial charge in [-0.3, -0.25) is 4.79 Å². The Hall–Kier alpha value is -2.62. The molecule has 0 spiro atoms. The topological polar surface area (TPSA) is 88.2 Å². The molecule has 166 valence electrons. The lowest BCUT2D eigenvalue weighted by atomic mass is 10.0. The van der Waals surface area contributed by atoms with Crippen LogP contribution in [0.3, 0.4) is 0 Å². The molecule has 1 saturated heterocycles. The Morgan fingerprint density at radius 3 is 2.42 bits per heavy atom. The highest BCUT2D eigenvalue weighted by atomic mass is 32.2. The quantitative estimate of drug-likeness (QED) is 0.703. The van der Waals surface area contributed by atoms with Crippen LogP contribution in [0.15, 0.2) is 47.4 Å². The maximum atomic E-state index is 12.7. The number of carbonyl (C=O) groups excluding carboxylic acids is 1. The summed E-state index contributed by atoms with van der Waals surface area (Å²) in [6, 6.07) is 11.8. The number of nitrogens with one attached hydrogen (secondary N) is 1. The van der Waals surface area contributed by atoms with Gasteiger partial charge in [0.2, 0.25) is 16.8 Å². The molecule has 0 saturated carbocycles. The lowest BCUT2D eigenvalue weighted by Gasteiger charge is -2.25. The number of rotatable bonds is 7. The molecule has 1 atom stereocenters. The van der Waals surface area contributed by atoms with Crippen LogP contribution >= 0.6 is 0 Å². The normalized spacial score (nSPS) is 17.1. The minimum atomic E-state index is -3.49. The molecule has 0 bridgehead atoms. The van der Waals surface area contributed by atoms with Gasteiger partial charge in [0.1, 0.15) is 0 Å². The lowest BCUT2D eigenvalue weighted by molar-refractivity contribution is 0.0942. The van der Waals surface area contributed by atoms with E-state index in [2.05, 4.69) is 5.32 Å². The molecule has 2 heterocycles. The standard InChI is InChI=1S/C22H27N3O5S/c1-24(2)19(17-7-10-20-21(13-17)30-15-29-20)14-23-22(26)16-5-8-18(9-6-16)31(27,28)25-11-3-4-12-25/h5-10,13,19H,3-4,11-12,14-15H2,1-2H3,(H,23,26). The van der Waals surface area contributed by atoms with Crippen LogP contribution in [0.1, 0.15) is 34.8 Å². The van der Waals surface area contributed by atoms with Gasteiger partial charge in [0.25, 0.3) is 5.91 Å². The van der Waals surface area contributed by atoms with E-state index in [9.17, 15) is 13.2 Å². The zero-order chi connectivity index (χ0) is 22.0. The fourth-order valence-electron chi connectivity index (χ4n) is 3.87. The van der Waals surface area contributed by atoms with Crippen molar-refractivity contribution in [2.24, 2.45) is 0 Å². The third kappa shape index (κ3) is 4.53. The molecule has 0 aromatic heterocycles. The van der Waals surface area contributed by atoms with Gasteiger partial charge in [0.05, 0.1) is 10.9 Å². The summed E-state index contributed by atoms with van der Waals surface area (Å²) in [5.74, 6) is 1.16. The van der Waals surface area contributed by atoms with Crippen molar-refractivity contribution in [1.82, 2.24) is 14.5 Å². The zero-order valence-electron chi connectivity index (χ0n) is 17.7. The van der Waals surface area contributed by atoms with Gasteiger partial charge in [-0.1, -0.05) is 6.07 Å². The minimum Gasteiger partial charge on any atom is -0.454 e. The summed E-state index contributed by atoms with van der Waals surface area (Å²) in [5, 5.41) is 2.95. The zero-order valence-corrected chi connectivity index (χ0v) is 18.5. The summed E-state index contributed by atoms with van der Waals surface area (Å²) in [6.45, 7) is 1.71. The molecule has 2 aliphatic heterocycles.